The Kier molecular flexibility index (Phi) is 4.71. The molecule has 0 heterocycles. The molecule has 61 valence electrons. The molecule has 0 spiro atoms. The van der Waals surface area contributed by atoms with Crippen molar-refractivity contribution in [3.63, 3.8) is 0 Å². The first kappa shape index (κ1) is 9.96. The molecule has 0 N–H and O–H groups in total. The highest BCUT2D eigenvalue weighted by Crippen LogP contribution is 2.17. The van der Waals surface area contributed by atoms with Crippen LogP contribution in [0.3, 0.4) is 0 Å². The molecule has 10 heavy (non-hydrogen) atoms. The Morgan fingerprint density at radius 3 is 2.30 bits per heavy atom. The van der Waals surface area contributed by atoms with Crippen molar-refractivity contribution in [1.29, 1.82) is 0 Å². The predicted molar refractivity (Wildman–Crippen MR) is 44.6 cm³/mol. The van der Waals surface area contributed by atoms with Gasteiger partial charge in [0.25, 0.3) is 0 Å². The molecule has 0 aromatic rings. The summed E-state index contributed by atoms with van der Waals surface area (Å²) in [6.45, 7) is 11.4. The topological polar surface area (TPSA) is 9.23 Å². The van der Waals surface area contributed by atoms with E-state index in [4.69, 9.17) is 4.74 Å². The normalized spacial score (nSPS) is 12.0. The molecule has 1 nitrogen and oxygen atoms in total. The number of hydrogen-bond donors (Lipinski definition) is 0. The fourth-order valence-corrected chi connectivity index (χ4v) is 0.537. The number of unbranched alkanes of at least 4 members (excludes halogenated alkanes) is 1. The Balaban J connectivity index is 3.04. The van der Waals surface area contributed by atoms with Gasteiger partial charge < -0.3 is 4.74 Å². The van der Waals surface area contributed by atoms with Crippen LogP contribution in [0.5, 0.6) is 0 Å². The third-order valence-electron chi connectivity index (χ3n) is 1.05. The Morgan fingerprint density at radius 1 is 1.30 bits per heavy atom. The highest BCUT2D eigenvalue weighted by molar-refractivity contribution is 4.70. The van der Waals surface area contributed by atoms with Crippen LogP contribution >= 0.6 is 0 Å². The first-order valence-electron chi connectivity index (χ1n) is 4.02. The highest BCUT2D eigenvalue weighted by atomic mass is 16.5. The first-order valence-corrected chi connectivity index (χ1v) is 4.02. The summed E-state index contributed by atoms with van der Waals surface area (Å²) in [6, 6.07) is 0. The molecule has 0 fully saturated rings. The maximum absolute atomic E-state index is 5.31. The van der Waals surface area contributed by atoms with E-state index in [2.05, 4.69) is 27.7 Å². The summed E-state index contributed by atoms with van der Waals surface area (Å²) in [6.07, 6.45) is 2.37. The van der Waals surface area contributed by atoms with E-state index < -0.39 is 0 Å². The third kappa shape index (κ3) is 7.96. The monoisotopic (exact) mass is 143 g/mol. The van der Waals surface area contributed by atoms with Gasteiger partial charge in [0.1, 0.15) is 0 Å². The second-order valence-corrected chi connectivity index (χ2v) is 3.71. The van der Waals surface area contributed by atoms with Gasteiger partial charge in [-0.2, -0.15) is 0 Å². The van der Waals surface area contributed by atoms with Gasteiger partial charge in [0.05, 0.1) is 6.61 Å². The SMILES string of the molecule is CCCCO[CH]C(C)(C)C. The minimum Gasteiger partial charge on any atom is -0.375 e. The van der Waals surface area contributed by atoms with Gasteiger partial charge >= 0.3 is 0 Å². The minimum atomic E-state index is 0.202. The Labute approximate surface area is 64.8 Å². The summed E-state index contributed by atoms with van der Waals surface area (Å²) in [4.78, 5) is 0. The standard InChI is InChI=1S/C9H19O/c1-5-6-7-10-8-9(2,3)4/h8H,5-7H2,1-4H3. The molecule has 0 aromatic carbocycles. The summed E-state index contributed by atoms with van der Waals surface area (Å²) in [5, 5.41) is 0. The van der Waals surface area contributed by atoms with Crippen molar-refractivity contribution in [3.8, 4) is 0 Å². The van der Waals surface area contributed by atoms with Gasteiger partial charge in [-0.3, -0.25) is 0 Å². The van der Waals surface area contributed by atoms with Crippen LogP contribution in [0.15, 0.2) is 0 Å². The smallest absolute Gasteiger partial charge is 0.0889 e. The van der Waals surface area contributed by atoms with Crippen molar-refractivity contribution >= 4 is 0 Å². The fourth-order valence-electron chi connectivity index (χ4n) is 0.537. The lowest BCUT2D eigenvalue weighted by Gasteiger charge is -2.16. The van der Waals surface area contributed by atoms with E-state index in [1.807, 2.05) is 6.61 Å². The summed E-state index contributed by atoms with van der Waals surface area (Å²) in [5.41, 5.74) is 0.202. The van der Waals surface area contributed by atoms with Crippen LogP contribution in [0.25, 0.3) is 0 Å². The maximum atomic E-state index is 5.31. The van der Waals surface area contributed by atoms with Gasteiger partial charge in [-0.15, -0.1) is 0 Å². The molecule has 0 aliphatic heterocycles. The summed E-state index contributed by atoms with van der Waals surface area (Å²) < 4.78 is 5.31. The molecule has 0 saturated carbocycles. The van der Waals surface area contributed by atoms with Gasteiger partial charge in [0, 0.05) is 6.61 Å². The van der Waals surface area contributed by atoms with Crippen LogP contribution in [-0.2, 0) is 4.74 Å². The van der Waals surface area contributed by atoms with E-state index in [1.165, 1.54) is 6.42 Å². The molecular weight excluding hydrogens is 124 g/mol. The van der Waals surface area contributed by atoms with Crippen molar-refractivity contribution in [2.24, 2.45) is 5.41 Å². The van der Waals surface area contributed by atoms with E-state index in [0.29, 0.717) is 0 Å². The van der Waals surface area contributed by atoms with Gasteiger partial charge in [0.15, 0.2) is 0 Å². The van der Waals surface area contributed by atoms with Crippen LogP contribution in [0.1, 0.15) is 40.5 Å². The van der Waals surface area contributed by atoms with Crippen LogP contribution in [0.2, 0.25) is 0 Å². The van der Waals surface area contributed by atoms with Crippen LogP contribution in [0.4, 0.5) is 0 Å². The maximum Gasteiger partial charge on any atom is 0.0889 e. The molecule has 0 rings (SSSR count). The zero-order valence-electron chi connectivity index (χ0n) is 7.61. The van der Waals surface area contributed by atoms with E-state index >= 15 is 0 Å². The molecule has 0 unspecified atom stereocenters. The Bertz CT molecular complexity index is 71.3. The molecule has 0 amide bonds. The molecule has 1 radical (unpaired) electrons. The molecule has 0 atom stereocenters. The zero-order chi connectivity index (χ0) is 8.04. The molecule has 0 aromatic heterocycles. The molecular formula is C9H19O. The van der Waals surface area contributed by atoms with Gasteiger partial charge in [0.2, 0.25) is 0 Å². The van der Waals surface area contributed by atoms with E-state index in [9.17, 15) is 0 Å². The minimum absolute atomic E-state index is 0.202. The molecule has 0 saturated heterocycles. The van der Waals surface area contributed by atoms with Crippen molar-refractivity contribution in [2.75, 3.05) is 6.61 Å². The summed E-state index contributed by atoms with van der Waals surface area (Å²) in [7, 11) is 0. The molecule has 1 heteroatoms. The van der Waals surface area contributed by atoms with Crippen molar-refractivity contribution in [3.05, 3.63) is 6.61 Å². The predicted octanol–water partition coefficient (Wildman–Crippen LogP) is 3.01. The Morgan fingerprint density at radius 2 is 1.90 bits per heavy atom. The lowest BCUT2D eigenvalue weighted by atomic mass is 9.99. The number of rotatable bonds is 4. The van der Waals surface area contributed by atoms with Crippen molar-refractivity contribution in [2.45, 2.75) is 40.5 Å². The number of ether oxygens (including phenoxy) is 1. The van der Waals surface area contributed by atoms with Crippen LogP contribution < -0.4 is 0 Å². The van der Waals surface area contributed by atoms with E-state index in [-0.39, 0.29) is 5.41 Å². The fraction of sp³-hybridized carbons (Fsp3) is 0.889. The average Bonchev–Trinajstić information content (AvgIpc) is 1.78. The zero-order valence-corrected chi connectivity index (χ0v) is 7.61. The lowest BCUT2D eigenvalue weighted by Crippen LogP contribution is -2.08. The average molecular weight is 143 g/mol. The lowest BCUT2D eigenvalue weighted by molar-refractivity contribution is 0.136. The summed E-state index contributed by atoms with van der Waals surface area (Å²) in [5.74, 6) is 0. The second-order valence-electron chi connectivity index (χ2n) is 3.71. The molecule has 0 bridgehead atoms. The Hall–Kier alpha value is -0.0400. The number of hydrogen-bond acceptors (Lipinski definition) is 1. The molecule has 0 aliphatic carbocycles. The van der Waals surface area contributed by atoms with Gasteiger partial charge in [-0.25, -0.2) is 0 Å². The van der Waals surface area contributed by atoms with Crippen molar-refractivity contribution < 1.29 is 4.74 Å². The van der Waals surface area contributed by atoms with E-state index in [0.717, 1.165) is 13.0 Å². The van der Waals surface area contributed by atoms with Crippen LogP contribution in [0, 0.1) is 12.0 Å². The summed E-state index contributed by atoms with van der Waals surface area (Å²) >= 11 is 0. The van der Waals surface area contributed by atoms with E-state index in [1.54, 1.807) is 0 Å². The van der Waals surface area contributed by atoms with Crippen LogP contribution in [-0.4, -0.2) is 6.61 Å². The largest absolute Gasteiger partial charge is 0.375 e. The van der Waals surface area contributed by atoms with Crippen molar-refractivity contribution in [1.82, 2.24) is 0 Å². The quantitative estimate of drug-likeness (QED) is 0.550. The van der Waals surface area contributed by atoms with Gasteiger partial charge in [-0.1, -0.05) is 34.1 Å². The highest BCUT2D eigenvalue weighted by Gasteiger charge is 2.09. The molecule has 0 aliphatic rings. The third-order valence-corrected chi connectivity index (χ3v) is 1.05. The first-order chi connectivity index (χ1) is 4.56. The second kappa shape index (κ2) is 4.73. The van der Waals surface area contributed by atoms with Gasteiger partial charge in [-0.05, 0) is 11.8 Å².